The fourth-order valence-corrected chi connectivity index (χ4v) is 6.75. The molecule has 256 valence electrons. The van der Waals surface area contributed by atoms with Crippen molar-refractivity contribution in [1.29, 1.82) is 0 Å². The molecule has 0 spiro atoms. The van der Waals surface area contributed by atoms with Gasteiger partial charge in [0.1, 0.15) is 11.5 Å². The number of ether oxygens (including phenoxy) is 1. The smallest absolute Gasteiger partial charge is 0.207 e. The second-order valence-corrected chi connectivity index (χ2v) is 12.6. The average molecular weight is 665 g/mol. The summed E-state index contributed by atoms with van der Waals surface area (Å²) in [5.74, 6) is 0.532. The molecule has 9 nitrogen and oxygen atoms in total. The molecule has 1 amide bonds. The Morgan fingerprint density at radius 2 is 1.68 bits per heavy atom. The maximum absolute atomic E-state index is 11.1. The van der Waals surface area contributed by atoms with E-state index in [0.29, 0.717) is 24.5 Å². The molecule has 0 bridgehead atoms. The van der Waals surface area contributed by atoms with Crippen molar-refractivity contribution < 1.29 is 24.5 Å². The van der Waals surface area contributed by atoms with E-state index in [4.69, 9.17) is 4.74 Å². The second-order valence-electron chi connectivity index (χ2n) is 11.8. The van der Waals surface area contributed by atoms with E-state index < -0.39 is 0 Å². The van der Waals surface area contributed by atoms with E-state index in [1.165, 1.54) is 11.1 Å². The number of benzene rings is 3. The summed E-state index contributed by atoms with van der Waals surface area (Å²) >= 11 is 1.09. The standard InChI is InChI=1S/C34H45N3O4S.C3H7NO/c1-35-32-31(40)13-11-27(33(32)42-25-38)14-19-36-18-6-7-22-41-23-15-26-10-12-30(39)29(24-26)34(16-20-37(2)21-17-34)28-8-4-3-5-9-28;1-2-4-3-5/h3-5,8-13,24-25,35-36,39-40H,6-7,14-23H2,1-2H3;3H,2H2,1H3,(H,4,5). The first kappa shape index (κ1) is 37.9. The molecule has 3 aromatic carbocycles. The average Bonchev–Trinajstić information content (AvgIpc) is 3.09. The Morgan fingerprint density at radius 3 is 2.34 bits per heavy atom. The minimum absolute atomic E-state index is 0.151. The minimum atomic E-state index is -0.173. The number of piperidine rings is 1. The third kappa shape index (κ3) is 11.3. The van der Waals surface area contributed by atoms with Gasteiger partial charge in [-0.3, -0.25) is 9.59 Å². The number of rotatable bonds is 18. The molecule has 1 heterocycles. The number of aromatic hydroxyl groups is 2. The van der Waals surface area contributed by atoms with Gasteiger partial charge in [-0.1, -0.05) is 60.3 Å². The highest BCUT2D eigenvalue weighted by molar-refractivity contribution is 8.12. The number of hydrogen-bond acceptors (Lipinski definition) is 9. The molecule has 5 N–H and O–H groups in total. The summed E-state index contributed by atoms with van der Waals surface area (Å²) in [5.41, 5.74) is 5.77. The highest BCUT2D eigenvalue weighted by Gasteiger charge is 2.39. The molecule has 1 aliphatic rings. The SMILES string of the molecule is CCNC=O.CNc1c(O)ccc(CCNCCCCOCCc2ccc(O)c(C3(c4ccccc4)CCN(C)CC3)c2)c1SC=O. The van der Waals surface area contributed by atoms with Gasteiger partial charge in [0.15, 0.2) is 5.62 Å². The van der Waals surface area contributed by atoms with Crippen LogP contribution in [0.15, 0.2) is 65.6 Å². The Hall–Kier alpha value is -3.57. The highest BCUT2D eigenvalue weighted by atomic mass is 32.2. The van der Waals surface area contributed by atoms with Crippen LogP contribution in [0, 0.1) is 0 Å². The molecule has 4 rings (SSSR count). The zero-order valence-electron chi connectivity index (χ0n) is 28.1. The summed E-state index contributed by atoms with van der Waals surface area (Å²) in [7, 11) is 3.91. The maximum Gasteiger partial charge on any atom is 0.207 e. The third-order valence-corrected chi connectivity index (χ3v) is 9.46. The number of likely N-dealkylation sites (tertiary alicyclic amines) is 1. The van der Waals surface area contributed by atoms with Gasteiger partial charge in [-0.25, -0.2) is 0 Å². The Balaban J connectivity index is 0.00000111. The second kappa shape index (κ2) is 20.6. The monoisotopic (exact) mass is 664 g/mol. The van der Waals surface area contributed by atoms with Crippen molar-refractivity contribution >= 4 is 29.5 Å². The first-order chi connectivity index (χ1) is 22.9. The molecule has 0 aromatic heterocycles. The molecule has 0 unspecified atom stereocenters. The number of carbonyl (C=O) groups excluding carboxylic acids is 2. The van der Waals surface area contributed by atoms with Gasteiger partial charge in [0.25, 0.3) is 0 Å². The molecule has 1 saturated heterocycles. The van der Waals surface area contributed by atoms with E-state index >= 15 is 0 Å². The normalized spacial score (nSPS) is 14.1. The van der Waals surface area contributed by atoms with Crippen LogP contribution in [-0.4, -0.2) is 87.2 Å². The zero-order chi connectivity index (χ0) is 33.9. The largest absolute Gasteiger partial charge is 0.508 e. The van der Waals surface area contributed by atoms with Crippen LogP contribution in [-0.2, 0) is 32.6 Å². The number of thioether (sulfide) groups is 1. The van der Waals surface area contributed by atoms with E-state index in [1.54, 1.807) is 13.1 Å². The molecule has 1 aliphatic heterocycles. The van der Waals surface area contributed by atoms with Gasteiger partial charge in [-0.05, 0) is 107 Å². The lowest BCUT2D eigenvalue weighted by atomic mass is 9.67. The van der Waals surface area contributed by atoms with E-state index in [0.717, 1.165) is 111 Å². The van der Waals surface area contributed by atoms with Crippen LogP contribution in [0.3, 0.4) is 0 Å². The summed E-state index contributed by atoms with van der Waals surface area (Å²) < 4.78 is 5.97. The van der Waals surface area contributed by atoms with E-state index in [2.05, 4.69) is 64.3 Å². The van der Waals surface area contributed by atoms with E-state index in [-0.39, 0.29) is 11.2 Å². The number of nitrogens with zero attached hydrogens (tertiary/aromatic N) is 1. The number of nitrogens with one attached hydrogen (secondary N) is 3. The number of anilines is 1. The van der Waals surface area contributed by atoms with Crippen molar-refractivity contribution in [1.82, 2.24) is 15.5 Å². The van der Waals surface area contributed by atoms with E-state index in [1.807, 2.05) is 25.1 Å². The van der Waals surface area contributed by atoms with Crippen molar-refractivity contribution in [3.8, 4) is 11.5 Å². The Morgan fingerprint density at radius 1 is 0.936 bits per heavy atom. The van der Waals surface area contributed by atoms with Crippen molar-refractivity contribution in [3.63, 3.8) is 0 Å². The van der Waals surface area contributed by atoms with Crippen molar-refractivity contribution in [3.05, 3.63) is 82.9 Å². The summed E-state index contributed by atoms with van der Waals surface area (Å²) in [6.45, 7) is 7.68. The predicted molar refractivity (Wildman–Crippen MR) is 192 cm³/mol. The van der Waals surface area contributed by atoms with Crippen molar-refractivity contribution in [2.75, 3.05) is 65.3 Å². The van der Waals surface area contributed by atoms with Gasteiger partial charge in [-0.2, -0.15) is 0 Å². The van der Waals surface area contributed by atoms with Crippen LogP contribution >= 0.6 is 11.8 Å². The lowest BCUT2D eigenvalue weighted by molar-refractivity contribution is -0.109. The lowest BCUT2D eigenvalue weighted by Gasteiger charge is -2.42. The highest BCUT2D eigenvalue weighted by Crippen LogP contribution is 2.45. The van der Waals surface area contributed by atoms with Crippen LogP contribution in [0.4, 0.5) is 5.69 Å². The van der Waals surface area contributed by atoms with Gasteiger partial charge >= 0.3 is 0 Å². The summed E-state index contributed by atoms with van der Waals surface area (Å²) in [4.78, 5) is 23.5. The molecule has 0 saturated carbocycles. The topological polar surface area (TPSA) is 123 Å². The van der Waals surface area contributed by atoms with Gasteiger partial charge in [0.2, 0.25) is 6.41 Å². The first-order valence-electron chi connectivity index (χ1n) is 16.5. The van der Waals surface area contributed by atoms with Gasteiger partial charge in [-0.15, -0.1) is 0 Å². The Bertz CT molecular complexity index is 1370. The van der Waals surface area contributed by atoms with Crippen LogP contribution in [0.1, 0.15) is 54.9 Å². The van der Waals surface area contributed by atoms with E-state index in [9.17, 15) is 19.8 Å². The molecular formula is C37H52N4O5S. The van der Waals surface area contributed by atoms with Gasteiger partial charge in [0.05, 0.1) is 12.3 Å². The number of phenols is 2. The van der Waals surface area contributed by atoms with Gasteiger partial charge in [0, 0.05) is 36.1 Å². The summed E-state index contributed by atoms with van der Waals surface area (Å²) in [5, 5.41) is 29.9. The predicted octanol–water partition coefficient (Wildman–Crippen LogP) is 5.36. The molecule has 0 aliphatic carbocycles. The van der Waals surface area contributed by atoms with Crippen LogP contribution in [0.5, 0.6) is 11.5 Å². The Kier molecular flexibility index (Phi) is 16.6. The fourth-order valence-electron chi connectivity index (χ4n) is 6.01. The molecule has 0 atom stereocenters. The first-order valence-corrected chi connectivity index (χ1v) is 17.4. The number of unbranched alkanes of at least 4 members (excludes halogenated alkanes) is 1. The molecule has 47 heavy (non-hydrogen) atoms. The van der Waals surface area contributed by atoms with Crippen molar-refractivity contribution in [2.45, 2.75) is 55.8 Å². The molecular weight excluding hydrogens is 612 g/mol. The third-order valence-electron chi connectivity index (χ3n) is 8.66. The lowest BCUT2D eigenvalue weighted by Crippen LogP contribution is -2.41. The zero-order valence-corrected chi connectivity index (χ0v) is 28.9. The molecule has 10 heteroatoms. The van der Waals surface area contributed by atoms with Crippen LogP contribution in [0.2, 0.25) is 0 Å². The molecule has 0 radical (unpaired) electrons. The fraction of sp³-hybridized carbons (Fsp3) is 0.459. The maximum atomic E-state index is 11.1. The number of amides is 1. The number of hydrogen-bond donors (Lipinski definition) is 5. The minimum Gasteiger partial charge on any atom is -0.508 e. The quantitative estimate of drug-likeness (QED) is 0.0530. The number of phenolic OH excluding ortho intramolecular Hbond substituents is 2. The van der Waals surface area contributed by atoms with Crippen molar-refractivity contribution in [2.24, 2.45) is 0 Å². The number of carbonyl (C=O) groups is 2. The van der Waals surface area contributed by atoms with Crippen LogP contribution < -0.4 is 16.0 Å². The summed E-state index contributed by atoms with van der Waals surface area (Å²) in [6.07, 6.45) is 6.25. The summed E-state index contributed by atoms with van der Waals surface area (Å²) in [6, 6.07) is 20.3. The van der Waals surface area contributed by atoms with Crippen LogP contribution in [0.25, 0.3) is 0 Å². The molecule has 1 fully saturated rings. The van der Waals surface area contributed by atoms with Gasteiger partial charge < -0.3 is 35.8 Å². The molecule has 3 aromatic rings. The Labute approximate surface area is 284 Å².